The zero-order valence-corrected chi connectivity index (χ0v) is 19.4. The van der Waals surface area contributed by atoms with Gasteiger partial charge in [0, 0.05) is 29.6 Å². The molecule has 0 amide bonds. The van der Waals surface area contributed by atoms with Crippen molar-refractivity contribution in [1.82, 2.24) is 9.38 Å². The second-order valence-corrected chi connectivity index (χ2v) is 8.35. The zero-order chi connectivity index (χ0) is 24.4. The number of aryl methyl sites for hydroxylation is 2. The number of rotatable bonds is 7. The van der Waals surface area contributed by atoms with Gasteiger partial charge in [-0.15, -0.1) is 0 Å². The standard InChI is InChI=1S/C28H24N4O3/c1-19-9-6-10-20(2)25(19)29-28-26(22-13-7-14-23(17-22)32(33)34)30-27-24(15-8-16-31(27)28)35-18-21-11-4-3-5-12-21/h3-17,29H,18H2,1-2H3. The fourth-order valence-corrected chi connectivity index (χ4v) is 4.11. The number of nitro benzene ring substituents is 1. The molecule has 0 aliphatic heterocycles. The third kappa shape index (κ3) is 4.44. The second kappa shape index (κ2) is 9.30. The Balaban J connectivity index is 1.65. The van der Waals surface area contributed by atoms with Gasteiger partial charge in [0.25, 0.3) is 5.69 Å². The number of anilines is 2. The predicted octanol–water partition coefficient (Wildman–Crippen LogP) is 6.85. The zero-order valence-electron chi connectivity index (χ0n) is 19.4. The molecule has 2 heterocycles. The Hall–Kier alpha value is -4.65. The number of ether oxygens (including phenoxy) is 1. The molecular weight excluding hydrogens is 440 g/mol. The van der Waals surface area contributed by atoms with Gasteiger partial charge in [-0.05, 0) is 42.7 Å². The molecule has 0 bridgehead atoms. The summed E-state index contributed by atoms with van der Waals surface area (Å²) in [7, 11) is 0. The van der Waals surface area contributed by atoms with Crippen LogP contribution in [0.3, 0.4) is 0 Å². The third-order valence-electron chi connectivity index (χ3n) is 5.91. The molecule has 0 aliphatic rings. The minimum Gasteiger partial charge on any atom is -0.485 e. The molecule has 0 fully saturated rings. The van der Waals surface area contributed by atoms with E-state index in [2.05, 4.69) is 5.32 Å². The number of non-ortho nitro benzene ring substituents is 1. The van der Waals surface area contributed by atoms with Crippen LogP contribution in [0, 0.1) is 24.0 Å². The van der Waals surface area contributed by atoms with Crippen LogP contribution in [-0.4, -0.2) is 14.3 Å². The third-order valence-corrected chi connectivity index (χ3v) is 5.91. The summed E-state index contributed by atoms with van der Waals surface area (Å²) in [4.78, 5) is 15.9. The van der Waals surface area contributed by atoms with Crippen molar-refractivity contribution in [1.29, 1.82) is 0 Å². The van der Waals surface area contributed by atoms with Crippen LogP contribution < -0.4 is 10.1 Å². The lowest BCUT2D eigenvalue weighted by Crippen LogP contribution is -2.01. The molecule has 0 atom stereocenters. The highest BCUT2D eigenvalue weighted by Crippen LogP contribution is 2.36. The van der Waals surface area contributed by atoms with Crippen molar-refractivity contribution < 1.29 is 9.66 Å². The number of hydrogen-bond donors (Lipinski definition) is 1. The van der Waals surface area contributed by atoms with Crippen LogP contribution in [0.15, 0.2) is 91.1 Å². The molecule has 3 aromatic carbocycles. The first-order valence-corrected chi connectivity index (χ1v) is 11.3. The van der Waals surface area contributed by atoms with E-state index in [9.17, 15) is 10.1 Å². The molecule has 174 valence electrons. The number of imidazole rings is 1. The number of nitrogens with one attached hydrogen (secondary N) is 1. The summed E-state index contributed by atoms with van der Waals surface area (Å²) in [5.74, 6) is 1.33. The maximum atomic E-state index is 11.4. The minimum absolute atomic E-state index is 0.0122. The Kier molecular flexibility index (Phi) is 5.89. The van der Waals surface area contributed by atoms with Gasteiger partial charge >= 0.3 is 0 Å². The Morgan fingerprint density at radius 1 is 0.943 bits per heavy atom. The summed E-state index contributed by atoms with van der Waals surface area (Å²) in [6.45, 7) is 4.49. The fourth-order valence-electron chi connectivity index (χ4n) is 4.11. The van der Waals surface area contributed by atoms with E-state index < -0.39 is 4.92 Å². The summed E-state index contributed by atoms with van der Waals surface area (Å²) in [5.41, 5.74) is 6.07. The number of benzene rings is 3. The Labute approximate surface area is 202 Å². The first-order valence-electron chi connectivity index (χ1n) is 11.3. The lowest BCUT2D eigenvalue weighted by molar-refractivity contribution is -0.384. The molecule has 0 spiro atoms. The molecule has 5 rings (SSSR count). The van der Waals surface area contributed by atoms with Gasteiger partial charge in [-0.25, -0.2) is 4.98 Å². The second-order valence-electron chi connectivity index (χ2n) is 8.35. The van der Waals surface area contributed by atoms with Crippen LogP contribution in [0.4, 0.5) is 17.2 Å². The summed E-state index contributed by atoms with van der Waals surface area (Å²) < 4.78 is 8.08. The van der Waals surface area contributed by atoms with Crippen molar-refractivity contribution in [3.05, 3.63) is 118 Å². The van der Waals surface area contributed by atoms with Gasteiger partial charge in [0.1, 0.15) is 18.1 Å². The first-order chi connectivity index (χ1) is 17.0. The van der Waals surface area contributed by atoms with Crippen molar-refractivity contribution >= 4 is 22.8 Å². The van der Waals surface area contributed by atoms with Gasteiger partial charge < -0.3 is 10.1 Å². The largest absolute Gasteiger partial charge is 0.485 e. The van der Waals surface area contributed by atoms with Crippen LogP contribution >= 0.6 is 0 Å². The van der Waals surface area contributed by atoms with Crippen LogP contribution in [0.25, 0.3) is 16.9 Å². The maximum absolute atomic E-state index is 11.4. The lowest BCUT2D eigenvalue weighted by atomic mass is 10.1. The van der Waals surface area contributed by atoms with E-state index >= 15 is 0 Å². The lowest BCUT2D eigenvalue weighted by Gasteiger charge is -2.14. The van der Waals surface area contributed by atoms with Gasteiger partial charge in [-0.3, -0.25) is 14.5 Å². The molecule has 2 aromatic heterocycles. The van der Waals surface area contributed by atoms with Gasteiger partial charge in [0.15, 0.2) is 11.4 Å². The van der Waals surface area contributed by atoms with Crippen molar-refractivity contribution in [2.24, 2.45) is 0 Å². The Bertz CT molecular complexity index is 1510. The molecule has 5 aromatic rings. The molecule has 0 unspecified atom stereocenters. The van der Waals surface area contributed by atoms with E-state index in [1.165, 1.54) is 6.07 Å². The molecule has 0 radical (unpaired) electrons. The smallest absolute Gasteiger partial charge is 0.270 e. The first kappa shape index (κ1) is 22.2. The topological polar surface area (TPSA) is 81.7 Å². The van der Waals surface area contributed by atoms with Gasteiger partial charge in [0.2, 0.25) is 0 Å². The van der Waals surface area contributed by atoms with Crippen molar-refractivity contribution in [2.45, 2.75) is 20.5 Å². The van der Waals surface area contributed by atoms with Gasteiger partial charge in [-0.2, -0.15) is 0 Å². The normalized spacial score (nSPS) is 10.9. The molecule has 0 saturated carbocycles. The number of aromatic nitrogens is 2. The van der Waals surface area contributed by atoms with E-state index in [1.54, 1.807) is 12.1 Å². The Morgan fingerprint density at radius 3 is 2.43 bits per heavy atom. The van der Waals surface area contributed by atoms with E-state index in [0.717, 1.165) is 22.4 Å². The van der Waals surface area contributed by atoms with Crippen LogP contribution in [0.1, 0.15) is 16.7 Å². The number of hydrogen-bond acceptors (Lipinski definition) is 5. The van der Waals surface area contributed by atoms with Gasteiger partial charge in [0.05, 0.1) is 4.92 Å². The Morgan fingerprint density at radius 2 is 1.69 bits per heavy atom. The molecule has 0 saturated heterocycles. The molecule has 35 heavy (non-hydrogen) atoms. The highest BCUT2D eigenvalue weighted by atomic mass is 16.6. The quantitative estimate of drug-likeness (QED) is 0.210. The maximum Gasteiger partial charge on any atom is 0.270 e. The average Bonchev–Trinajstić information content (AvgIpc) is 3.24. The van der Waals surface area contributed by atoms with Crippen LogP contribution in [0.2, 0.25) is 0 Å². The SMILES string of the molecule is Cc1cccc(C)c1Nc1c(-c2cccc([N+](=O)[O-])c2)nc2c(OCc3ccccc3)cccn12. The number of nitrogens with zero attached hydrogens (tertiary/aromatic N) is 3. The van der Waals surface area contributed by atoms with Crippen LogP contribution in [-0.2, 0) is 6.61 Å². The summed E-state index contributed by atoms with van der Waals surface area (Å²) in [6, 6.07) is 26.3. The number of para-hydroxylation sites is 1. The van der Waals surface area contributed by atoms with Crippen molar-refractivity contribution in [3.8, 4) is 17.0 Å². The van der Waals surface area contributed by atoms with E-state index in [1.807, 2.05) is 91.2 Å². The minimum atomic E-state index is -0.397. The fraction of sp³-hybridized carbons (Fsp3) is 0.107. The van der Waals surface area contributed by atoms with E-state index in [-0.39, 0.29) is 5.69 Å². The van der Waals surface area contributed by atoms with E-state index in [0.29, 0.717) is 35.1 Å². The number of pyridine rings is 1. The molecular formula is C28H24N4O3. The molecule has 1 N–H and O–H groups in total. The van der Waals surface area contributed by atoms with Crippen LogP contribution in [0.5, 0.6) is 5.75 Å². The molecule has 0 aliphatic carbocycles. The van der Waals surface area contributed by atoms with Crippen molar-refractivity contribution in [2.75, 3.05) is 5.32 Å². The number of nitro groups is 1. The highest BCUT2D eigenvalue weighted by molar-refractivity contribution is 5.83. The molecule has 7 heteroatoms. The monoisotopic (exact) mass is 464 g/mol. The highest BCUT2D eigenvalue weighted by Gasteiger charge is 2.20. The van der Waals surface area contributed by atoms with E-state index in [4.69, 9.17) is 9.72 Å². The van der Waals surface area contributed by atoms with Gasteiger partial charge in [-0.1, -0.05) is 60.7 Å². The predicted molar refractivity (Wildman–Crippen MR) is 137 cm³/mol. The average molecular weight is 465 g/mol. The summed E-state index contributed by atoms with van der Waals surface area (Å²) in [6.07, 6.45) is 1.91. The summed E-state index contributed by atoms with van der Waals surface area (Å²) >= 11 is 0. The summed E-state index contributed by atoms with van der Waals surface area (Å²) in [5, 5.41) is 15.0. The number of fused-ring (bicyclic) bond motifs is 1. The van der Waals surface area contributed by atoms with Crippen molar-refractivity contribution in [3.63, 3.8) is 0 Å². The molecule has 7 nitrogen and oxygen atoms in total.